The van der Waals surface area contributed by atoms with E-state index in [0.717, 1.165) is 6.07 Å². The number of nitrogens with two attached hydrogens (primary N) is 1. The summed E-state index contributed by atoms with van der Waals surface area (Å²) >= 11 is 0. The number of nitrogens with one attached hydrogen (secondary N) is 1. The molecule has 1 heterocycles. The molecule has 0 radical (unpaired) electrons. The van der Waals surface area contributed by atoms with Crippen LogP contribution >= 0.6 is 0 Å². The highest BCUT2D eigenvalue weighted by Gasteiger charge is 2.28. The molecule has 1 fully saturated rings. The number of hydrogen-bond acceptors (Lipinski definition) is 7. The Kier molecular flexibility index (Phi) is 6.68. The number of nitro groups is 1. The fourth-order valence-corrected chi connectivity index (χ4v) is 3.49. The second kappa shape index (κ2) is 8.49. The first-order valence-electron chi connectivity index (χ1n) is 9.00. The van der Waals surface area contributed by atoms with Crippen molar-refractivity contribution < 1.29 is 27.3 Å². The summed E-state index contributed by atoms with van der Waals surface area (Å²) in [7, 11) is -4.28. The maximum Gasteiger partial charge on any atom is 0.410 e. The summed E-state index contributed by atoms with van der Waals surface area (Å²) in [5.41, 5.74) is -1.69. The fourth-order valence-electron chi connectivity index (χ4n) is 2.94. The van der Waals surface area contributed by atoms with Gasteiger partial charge in [0.15, 0.2) is 5.82 Å². The van der Waals surface area contributed by atoms with Gasteiger partial charge in [-0.3, -0.25) is 10.1 Å². The second-order valence-electron chi connectivity index (χ2n) is 7.89. The summed E-state index contributed by atoms with van der Waals surface area (Å²) in [5, 5.41) is 18.9. The Morgan fingerprint density at radius 3 is 2.45 bits per heavy atom. The van der Waals surface area contributed by atoms with Gasteiger partial charge in [-0.1, -0.05) is 0 Å². The number of halogens is 1. The second-order valence-corrected chi connectivity index (χ2v) is 9.45. The van der Waals surface area contributed by atoms with E-state index in [0.29, 0.717) is 32.0 Å². The number of hydrogen-bond donors (Lipinski definition) is 2. The largest absolute Gasteiger partial charge is 0.444 e. The summed E-state index contributed by atoms with van der Waals surface area (Å²) in [5.74, 6) is -1.03. The molecule has 0 aromatic heterocycles. The number of piperidine rings is 1. The van der Waals surface area contributed by atoms with E-state index in [-0.39, 0.29) is 12.5 Å². The van der Waals surface area contributed by atoms with E-state index in [1.165, 1.54) is 0 Å². The van der Waals surface area contributed by atoms with Gasteiger partial charge in [-0.2, -0.15) is 0 Å². The first-order valence-corrected chi connectivity index (χ1v) is 10.5. The summed E-state index contributed by atoms with van der Waals surface area (Å²) in [6, 6.07) is 1.38. The van der Waals surface area contributed by atoms with Crippen LogP contribution in [0.5, 0.6) is 0 Å². The third-order valence-corrected chi connectivity index (χ3v) is 5.29. The van der Waals surface area contributed by atoms with Crippen LogP contribution in [0.2, 0.25) is 0 Å². The highest BCUT2D eigenvalue weighted by molar-refractivity contribution is 7.89. The number of carbonyl (C=O) groups excluding carboxylic acids is 1. The number of ether oxygens (including phenoxy) is 1. The molecule has 162 valence electrons. The molecule has 3 N–H and O–H groups in total. The average Bonchev–Trinajstić information content (AvgIpc) is 2.58. The van der Waals surface area contributed by atoms with Crippen molar-refractivity contribution in [2.75, 3.05) is 25.0 Å². The summed E-state index contributed by atoms with van der Waals surface area (Å²) in [6.07, 6.45) is 0.817. The number of likely N-dealkylation sites (tertiary alicyclic amines) is 1. The lowest BCUT2D eigenvalue weighted by Crippen LogP contribution is -2.42. The van der Waals surface area contributed by atoms with Gasteiger partial charge in [0.05, 0.1) is 9.82 Å². The minimum Gasteiger partial charge on any atom is -0.444 e. The van der Waals surface area contributed by atoms with Crippen LogP contribution in [0.25, 0.3) is 0 Å². The van der Waals surface area contributed by atoms with Crippen molar-refractivity contribution in [2.24, 2.45) is 11.1 Å². The van der Waals surface area contributed by atoms with E-state index in [1.807, 2.05) is 0 Å². The number of primary sulfonamides is 1. The number of sulfonamides is 1. The Hall–Kier alpha value is -2.47. The first-order chi connectivity index (χ1) is 13.3. The lowest BCUT2D eigenvalue weighted by atomic mass is 9.97. The molecule has 1 aliphatic rings. The zero-order valence-electron chi connectivity index (χ0n) is 16.5. The van der Waals surface area contributed by atoms with Crippen molar-refractivity contribution >= 4 is 27.5 Å². The topological polar surface area (TPSA) is 145 Å². The Balaban J connectivity index is 2.02. The minimum absolute atomic E-state index is 0.0469. The van der Waals surface area contributed by atoms with Crippen LogP contribution in [0.3, 0.4) is 0 Å². The van der Waals surface area contributed by atoms with Crippen molar-refractivity contribution in [1.29, 1.82) is 0 Å². The zero-order valence-corrected chi connectivity index (χ0v) is 17.3. The lowest BCUT2D eigenvalue weighted by molar-refractivity contribution is -0.384. The number of nitro benzene ring substituents is 1. The highest BCUT2D eigenvalue weighted by Crippen LogP contribution is 2.31. The number of nitrogens with zero attached hydrogens (tertiary/aromatic N) is 2. The van der Waals surface area contributed by atoms with E-state index in [4.69, 9.17) is 9.88 Å². The molecule has 1 aromatic rings. The zero-order chi connectivity index (χ0) is 22.0. The van der Waals surface area contributed by atoms with Gasteiger partial charge in [0.25, 0.3) is 5.69 Å². The van der Waals surface area contributed by atoms with Crippen LogP contribution < -0.4 is 10.5 Å². The smallest absolute Gasteiger partial charge is 0.410 e. The van der Waals surface area contributed by atoms with Gasteiger partial charge >= 0.3 is 6.09 Å². The third-order valence-electron chi connectivity index (χ3n) is 4.40. The summed E-state index contributed by atoms with van der Waals surface area (Å²) < 4.78 is 42.4. The van der Waals surface area contributed by atoms with Crippen molar-refractivity contribution in [3.63, 3.8) is 0 Å². The molecular formula is C17H25FN4O6S. The molecule has 29 heavy (non-hydrogen) atoms. The van der Waals surface area contributed by atoms with Crippen LogP contribution in [0.15, 0.2) is 17.0 Å². The predicted molar refractivity (Wildman–Crippen MR) is 103 cm³/mol. The van der Waals surface area contributed by atoms with Crippen molar-refractivity contribution in [3.8, 4) is 0 Å². The molecule has 0 saturated carbocycles. The van der Waals surface area contributed by atoms with Gasteiger partial charge in [-0.25, -0.2) is 22.7 Å². The number of benzene rings is 1. The Morgan fingerprint density at radius 1 is 1.38 bits per heavy atom. The molecule has 2 rings (SSSR count). The van der Waals surface area contributed by atoms with Crippen LogP contribution in [0.1, 0.15) is 33.6 Å². The Labute approximate surface area is 168 Å². The van der Waals surface area contributed by atoms with Gasteiger partial charge < -0.3 is 15.0 Å². The summed E-state index contributed by atoms with van der Waals surface area (Å²) in [6.45, 7) is 6.49. The van der Waals surface area contributed by atoms with Crippen LogP contribution in [-0.2, 0) is 14.8 Å². The quantitative estimate of drug-likeness (QED) is 0.537. The fraction of sp³-hybridized carbons (Fsp3) is 0.588. The van der Waals surface area contributed by atoms with E-state index >= 15 is 0 Å². The minimum atomic E-state index is -4.28. The lowest BCUT2D eigenvalue weighted by Gasteiger charge is -2.33. The number of carbonyl (C=O) groups is 1. The molecule has 1 saturated heterocycles. The van der Waals surface area contributed by atoms with Gasteiger partial charge in [-0.05, 0) is 45.6 Å². The van der Waals surface area contributed by atoms with Crippen LogP contribution in [0, 0.1) is 21.8 Å². The van der Waals surface area contributed by atoms with E-state index in [1.54, 1.807) is 25.7 Å². The molecular weight excluding hydrogens is 407 g/mol. The molecule has 0 aliphatic carbocycles. The van der Waals surface area contributed by atoms with E-state index < -0.39 is 48.7 Å². The van der Waals surface area contributed by atoms with Gasteiger partial charge in [0.1, 0.15) is 11.3 Å². The first kappa shape index (κ1) is 22.8. The maximum atomic E-state index is 14.3. The van der Waals surface area contributed by atoms with Gasteiger partial charge in [-0.15, -0.1) is 0 Å². The van der Waals surface area contributed by atoms with E-state index in [2.05, 4.69) is 5.32 Å². The van der Waals surface area contributed by atoms with Gasteiger partial charge in [0.2, 0.25) is 10.0 Å². The number of amides is 1. The third kappa shape index (κ3) is 6.26. The normalized spacial score (nSPS) is 15.8. The molecule has 0 bridgehead atoms. The average molecular weight is 432 g/mol. The predicted octanol–water partition coefficient (Wildman–Crippen LogP) is 2.44. The molecule has 0 spiro atoms. The van der Waals surface area contributed by atoms with E-state index in [9.17, 15) is 27.7 Å². The van der Waals surface area contributed by atoms with Crippen molar-refractivity contribution in [2.45, 2.75) is 44.1 Å². The van der Waals surface area contributed by atoms with Crippen molar-refractivity contribution in [1.82, 2.24) is 4.90 Å². The molecule has 1 aliphatic heterocycles. The standard InChI is InChI=1S/C17H25FN4O6S/c1-17(2,3)28-16(23)21-6-4-11(5-7-21)10-20-15-13(18)8-12(29(19,26)27)9-14(15)22(24)25/h8-9,11,20H,4-7,10H2,1-3H3,(H2,19,26,27). The molecule has 0 unspecified atom stereocenters. The number of anilines is 1. The van der Waals surface area contributed by atoms with Crippen LogP contribution in [-0.4, -0.2) is 49.6 Å². The SMILES string of the molecule is CC(C)(C)OC(=O)N1CCC(CNc2c(F)cc(S(N)(=O)=O)cc2[N+](=O)[O-])CC1. The monoisotopic (exact) mass is 432 g/mol. The molecule has 1 aromatic carbocycles. The molecule has 0 atom stereocenters. The van der Waals surface area contributed by atoms with Crippen molar-refractivity contribution in [3.05, 3.63) is 28.1 Å². The Bertz CT molecular complexity index is 892. The van der Waals surface area contributed by atoms with Crippen LogP contribution in [0.4, 0.5) is 20.6 Å². The maximum absolute atomic E-state index is 14.3. The number of rotatable bonds is 5. The summed E-state index contributed by atoms with van der Waals surface area (Å²) in [4.78, 5) is 23.4. The molecule has 10 nitrogen and oxygen atoms in total. The highest BCUT2D eigenvalue weighted by atomic mass is 32.2. The molecule has 1 amide bonds. The molecule has 12 heteroatoms. The Morgan fingerprint density at radius 2 is 1.97 bits per heavy atom. The van der Waals surface area contributed by atoms with Gasteiger partial charge in [0, 0.05) is 25.7 Å².